The van der Waals surface area contributed by atoms with Crippen LogP contribution in [0.1, 0.15) is 48.9 Å². The number of alkyl halides is 2. The molecule has 0 aliphatic rings. The molecule has 0 bridgehead atoms. The van der Waals surface area contributed by atoms with Crippen LogP contribution >= 0.6 is 0 Å². The number of aryl methyl sites for hydroxylation is 1. The molecule has 0 radical (unpaired) electrons. The van der Waals surface area contributed by atoms with Gasteiger partial charge in [-0.3, -0.25) is 0 Å². The summed E-state index contributed by atoms with van der Waals surface area (Å²) in [4.78, 5) is 0. The van der Waals surface area contributed by atoms with E-state index in [1.54, 1.807) is 6.07 Å². The van der Waals surface area contributed by atoms with Crippen molar-refractivity contribution in [1.29, 1.82) is 5.26 Å². The minimum Gasteiger partial charge on any atom is -0.484 e. The first-order valence-corrected chi connectivity index (χ1v) is 9.82. The van der Waals surface area contributed by atoms with Crippen molar-refractivity contribution in [2.24, 2.45) is 0 Å². The number of hydrogen-bond acceptors (Lipinski definition) is 3. The molecule has 0 saturated carbocycles. The van der Waals surface area contributed by atoms with Crippen LogP contribution in [0.25, 0.3) is 0 Å². The molecule has 0 fully saturated rings. The molecule has 2 aromatic rings. The van der Waals surface area contributed by atoms with Crippen molar-refractivity contribution in [2.75, 3.05) is 6.54 Å². The van der Waals surface area contributed by atoms with E-state index >= 15 is 0 Å². The van der Waals surface area contributed by atoms with Crippen LogP contribution in [-0.4, -0.2) is 12.6 Å². The molecule has 2 aromatic carbocycles. The first-order chi connectivity index (χ1) is 13.7. The Morgan fingerprint density at radius 1 is 1.28 bits per heavy atom. The lowest BCUT2D eigenvalue weighted by molar-refractivity contribution is 0.0168. The van der Waals surface area contributed by atoms with Crippen molar-refractivity contribution >= 4 is 0 Å². The van der Waals surface area contributed by atoms with Crippen molar-refractivity contribution in [3.63, 3.8) is 0 Å². The van der Waals surface area contributed by atoms with Gasteiger partial charge < -0.3 is 10.1 Å². The van der Waals surface area contributed by atoms with Crippen molar-refractivity contribution in [1.82, 2.24) is 5.32 Å². The Bertz CT molecular complexity index is 881. The van der Waals surface area contributed by atoms with Gasteiger partial charge >= 0.3 is 0 Å². The number of nitrogens with one attached hydrogen (secondary N) is 1. The summed E-state index contributed by atoms with van der Waals surface area (Å²) in [5, 5.41) is 12.4. The first kappa shape index (κ1) is 22.4. The van der Waals surface area contributed by atoms with E-state index in [0.717, 1.165) is 19.8 Å². The Kier molecular flexibility index (Phi) is 7.78. The highest BCUT2D eigenvalue weighted by molar-refractivity contribution is 5.45. The number of nitriles is 1. The number of benzene rings is 2. The van der Waals surface area contributed by atoms with E-state index in [4.69, 9.17) is 10.00 Å². The molecule has 5 heteroatoms. The van der Waals surface area contributed by atoms with Crippen LogP contribution in [0.5, 0.6) is 5.75 Å². The molecule has 29 heavy (non-hydrogen) atoms. The summed E-state index contributed by atoms with van der Waals surface area (Å²) in [6, 6.07) is 14.3. The Hall–Kier alpha value is -2.87. The topological polar surface area (TPSA) is 45.0 Å². The Labute approximate surface area is 172 Å². The van der Waals surface area contributed by atoms with Crippen LogP contribution in [0.4, 0.5) is 8.78 Å². The lowest BCUT2D eigenvalue weighted by Gasteiger charge is -2.23. The lowest BCUT2D eigenvalue weighted by Crippen LogP contribution is -2.29. The van der Waals surface area contributed by atoms with Gasteiger partial charge in [-0.1, -0.05) is 49.8 Å². The first-order valence-electron chi connectivity index (χ1n) is 9.82. The Morgan fingerprint density at radius 3 is 2.66 bits per heavy atom. The minimum absolute atomic E-state index is 0.0491. The van der Waals surface area contributed by atoms with Gasteiger partial charge in [0.15, 0.2) is 0 Å². The van der Waals surface area contributed by atoms with Crippen LogP contribution in [0.3, 0.4) is 0 Å². The average Bonchev–Trinajstić information content (AvgIpc) is 2.67. The van der Waals surface area contributed by atoms with E-state index in [1.165, 1.54) is 23.3 Å². The van der Waals surface area contributed by atoms with Gasteiger partial charge in [-0.25, -0.2) is 8.78 Å². The molecule has 154 valence electrons. The molecule has 0 amide bonds. The third kappa shape index (κ3) is 6.60. The van der Waals surface area contributed by atoms with Gasteiger partial charge in [0.2, 0.25) is 0 Å². The largest absolute Gasteiger partial charge is 0.484 e. The number of rotatable bonds is 10. The summed E-state index contributed by atoms with van der Waals surface area (Å²) in [7, 11) is 0. The monoisotopic (exact) mass is 398 g/mol. The van der Waals surface area contributed by atoms with E-state index in [9.17, 15) is 8.78 Å². The summed E-state index contributed by atoms with van der Waals surface area (Å²) in [5.41, 5.74) is 2.80. The summed E-state index contributed by atoms with van der Waals surface area (Å²) in [6.07, 6.45) is 2.07. The molecule has 1 unspecified atom stereocenters. The highest BCUT2D eigenvalue weighted by atomic mass is 19.3. The number of hydrogen-bond donors (Lipinski definition) is 1. The van der Waals surface area contributed by atoms with Crippen LogP contribution in [-0.2, 0) is 12.3 Å². The molecule has 1 N–H and O–H groups in total. The Morgan fingerprint density at radius 2 is 2.03 bits per heavy atom. The predicted octanol–water partition coefficient (Wildman–Crippen LogP) is 5.87. The molecule has 1 atom stereocenters. The smallest absolute Gasteiger partial charge is 0.271 e. The maximum Gasteiger partial charge on any atom is 0.271 e. The van der Waals surface area contributed by atoms with E-state index in [1.807, 2.05) is 19.1 Å². The van der Waals surface area contributed by atoms with Crippen molar-refractivity contribution in [3.8, 4) is 11.8 Å². The SMILES string of the molecule is C=C(NCCc1cccc(C)c1)C(CCC)Oc1ccc(C#N)c(C(C)(F)F)c1. The lowest BCUT2D eigenvalue weighted by atomic mass is 10.0. The third-order valence-corrected chi connectivity index (χ3v) is 4.65. The van der Waals surface area contributed by atoms with Gasteiger partial charge in [0.05, 0.1) is 11.6 Å². The molecular weight excluding hydrogens is 370 g/mol. The molecule has 0 saturated heterocycles. The van der Waals surface area contributed by atoms with Gasteiger partial charge in [0.25, 0.3) is 5.92 Å². The average molecular weight is 398 g/mol. The fourth-order valence-corrected chi connectivity index (χ4v) is 3.14. The zero-order valence-corrected chi connectivity index (χ0v) is 17.3. The van der Waals surface area contributed by atoms with Crippen LogP contribution in [0.2, 0.25) is 0 Å². The van der Waals surface area contributed by atoms with Gasteiger partial charge in [-0.05, 0) is 43.5 Å². The zero-order chi connectivity index (χ0) is 21.4. The van der Waals surface area contributed by atoms with Crippen molar-refractivity contribution in [3.05, 3.63) is 77.0 Å². The third-order valence-electron chi connectivity index (χ3n) is 4.65. The molecule has 3 nitrogen and oxygen atoms in total. The van der Waals surface area contributed by atoms with Gasteiger partial charge in [-0.15, -0.1) is 0 Å². The second kappa shape index (κ2) is 10.1. The van der Waals surface area contributed by atoms with Gasteiger partial charge in [-0.2, -0.15) is 5.26 Å². The molecule has 0 aliphatic carbocycles. The second-order valence-corrected chi connectivity index (χ2v) is 7.29. The molecular formula is C24H28F2N2O. The number of nitrogens with zero attached hydrogens (tertiary/aromatic N) is 1. The maximum atomic E-state index is 13.8. The number of halogens is 2. The highest BCUT2D eigenvalue weighted by Gasteiger charge is 2.28. The fraction of sp³-hybridized carbons (Fsp3) is 0.375. The summed E-state index contributed by atoms with van der Waals surface area (Å²) in [5.74, 6) is -2.81. The van der Waals surface area contributed by atoms with Crippen molar-refractivity contribution in [2.45, 2.75) is 52.1 Å². The van der Waals surface area contributed by atoms with E-state index in [-0.39, 0.29) is 17.2 Å². The van der Waals surface area contributed by atoms with Gasteiger partial charge in [0, 0.05) is 24.7 Å². The molecule has 2 rings (SSSR count). The predicted molar refractivity (Wildman–Crippen MR) is 112 cm³/mol. The molecule has 0 aliphatic heterocycles. The van der Waals surface area contributed by atoms with Crippen LogP contribution in [0.15, 0.2) is 54.7 Å². The molecule has 0 aromatic heterocycles. The summed E-state index contributed by atoms with van der Waals surface area (Å²) < 4.78 is 33.7. The van der Waals surface area contributed by atoms with E-state index in [0.29, 0.717) is 24.4 Å². The minimum atomic E-state index is -3.12. The Balaban J connectivity index is 2.05. The normalized spacial score (nSPS) is 12.1. The maximum absolute atomic E-state index is 13.8. The number of ether oxygens (including phenoxy) is 1. The summed E-state index contributed by atoms with van der Waals surface area (Å²) in [6.45, 7) is 9.66. The standard InChI is InChI=1S/C24H28F2N2O/c1-5-7-23(18(3)28-13-12-19-9-6-8-17(2)14-19)29-21-11-10-20(16-27)22(15-21)24(4,25)26/h6,8-11,14-15,23,28H,3,5,7,12-13H2,1-2,4H3. The molecule has 0 spiro atoms. The fourth-order valence-electron chi connectivity index (χ4n) is 3.14. The quantitative estimate of drug-likeness (QED) is 0.544. The zero-order valence-electron chi connectivity index (χ0n) is 17.3. The molecule has 0 heterocycles. The van der Waals surface area contributed by atoms with E-state index in [2.05, 4.69) is 37.0 Å². The van der Waals surface area contributed by atoms with Gasteiger partial charge in [0.1, 0.15) is 11.9 Å². The highest BCUT2D eigenvalue weighted by Crippen LogP contribution is 2.33. The van der Waals surface area contributed by atoms with Crippen LogP contribution < -0.4 is 10.1 Å². The van der Waals surface area contributed by atoms with E-state index < -0.39 is 5.92 Å². The summed E-state index contributed by atoms with van der Waals surface area (Å²) >= 11 is 0. The second-order valence-electron chi connectivity index (χ2n) is 7.29. The van der Waals surface area contributed by atoms with Crippen molar-refractivity contribution < 1.29 is 13.5 Å². The van der Waals surface area contributed by atoms with Crippen LogP contribution in [0, 0.1) is 18.3 Å².